The molecule has 0 saturated heterocycles. The van der Waals surface area contributed by atoms with Gasteiger partial charge in [-0.1, -0.05) is 6.07 Å². The van der Waals surface area contributed by atoms with E-state index in [-0.39, 0.29) is 36.9 Å². The highest BCUT2D eigenvalue weighted by Gasteiger charge is 2.18. The molecule has 2 aromatic rings. The number of nitrogens with one attached hydrogen (secondary N) is 2. The molecule has 2 aromatic carbocycles. The van der Waals surface area contributed by atoms with Gasteiger partial charge in [0.25, 0.3) is 5.91 Å². The second kappa shape index (κ2) is 8.25. The predicted octanol–water partition coefficient (Wildman–Crippen LogP) is 1.38. The summed E-state index contributed by atoms with van der Waals surface area (Å²) < 4.78 is 15.4. The summed E-state index contributed by atoms with van der Waals surface area (Å²) in [5.41, 5.74) is 0.535. The van der Waals surface area contributed by atoms with Gasteiger partial charge in [-0.05, 0) is 29.8 Å². The van der Waals surface area contributed by atoms with E-state index in [9.17, 15) is 19.7 Å². The highest BCUT2D eigenvalue weighted by Crippen LogP contribution is 2.32. The van der Waals surface area contributed by atoms with E-state index in [1.807, 2.05) is 0 Å². The Morgan fingerprint density at radius 2 is 1.93 bits per heavy atom. The van der Waals surface area contributed by atoms with Crippen LogP contribution >= 0.6 is 0 Å². The van der Waals surface area contributed by atoms with Gasteiger partial charge in [-0.25, -0.2) is 0 Å². The average Bonchev–Trinajstić information content (AvgIpc) is 3.17. The maximum absolute atomic E-state index is 12.1. The monoisotopic (exact) mass is 387 g/mol. The molecule has 2 N–H and O–H groups in total. The lowest BCUT2D eigenvalue weighted by Crippen LogP contribution is -2.36. The average molecular weight is 387 g/mol. The van der Waals surface area contributed by atoms with Crippen molar-refractivity contribution in [1.29, 1.82) is 0 Å². The molecular weight excluding hydrogens is 370 g/mol. The van der Waals surface area contributed by atoms with Crippen molar-refractivity contribution in [2.45, 2.75) is 6.54 Å². The van der Waals surface area contributed by atoms with Crippen LogP contribution < -0.4 is 24.8 Å². The Hall–Kier alpha value is -3.82. The molecule has 0 radical (unpaired) electrons. The third kappa shape index (κ3) is 4.29. The number of nitrogens with zero attached hydrogens (tertiary/aromatic N) is 1. The highest BCUT2D eigenvalue weighted by atomic mass is 16.7. The van der Waals surface area contributed by atoms with Crippen LogP contribution in [-0.4, -0.2) is 37.2 Å². The van der Waals surface area contributed by atoms with Crippen molar-refractivity contribution in [2.75, 3.05) is 20.4 Å². The van der Waals surface area contributed by atoms with Crippen LogP contribution in [0.4, 0.5) is 5.69 Å². The number of amides is 2. The molecule has 0 unspecified atom stereocenters. The van der Waals surface area contributed by atoms with Crippen molar-refractivity contribution in [3.8, 4) is 17.2 Å². The van der Waals surface area contributed by atoms with Gasteiger partial charge in [0, 0.05) is 18.2 Å². The number of hydrogen-bond acceptors (Lipinski definition) is 7. The normalized spacial score (nSPS) is 11.6. The maximum atomic E-state index is 12.1. The molecular formula is C18H17N3O7. The van der Waals surface area contributed by atoms with Crippen molar-refractivity contribution in [3.63, 3.8) is 0 Å². The first-order valence-corrected chi connectivity index (χ1v) is 8.24. The Morgan fingerprint density at radius 1 is 1.14 bits per heavy atom. The molecule has 0 atom stereocenters. The quantitative estimate of drug-likeness (QED) is 0.542. The molecule has 0 aliphatic carbocycles. The third-order valence-electron chi connectivity index (χ3n) is 3.97. The fourth-order valence-electron chi connectivity index (χ4n) is 2.55. The van der Waals surface area contributed by atoms with Gasteiger partial charge in [0.2, 0.25) is 12.7 Å². The van der Waals surface area contributed by atoms with Gasteiger partial charge in [-0.3, -0.25) is 19.7 Å². The van der Waals surface area contributed by atoms with E-state index in [4.69, 9.17) is 14.2 Å². The number of benzene rings is 2. The highest BCUT2D eigenvalue weighted by molar-refractivity contribution is 5.97. The smallest absolute Gasteiger partial charge is 0.311 e. The number of rotatable bonds is 7. The molecule has 28 heavy (non-hydrogen) atoms. The van der Waals surface area contributed by atoms with Crippen LogP contribution in [0.1, 0.15) is 15.9 Å². The van der Waals surface area contributed by atoms with Crippen LogP contribution in [0.2, 0.25) is 0 Å². The van der Waals surface area contributed by atoms with Crippen LogP contribution in [0.5, 0.6) is 17.2 Å². The largest absolute Gasteiger partial charge is 0.490 e. The predicted molar refractivity (Wildman–Crippen MR) is 96.4 cm³/mol. The van der Waals surface area contributed by atoms with Gasteiger partial charge in [0.05, 0.1) is 18.6 Å². The Morgan fingerprint density at radius 3 is 2.68 bits per heavy atom. The first-order valence-electron chi connectivity index (χ1n) is 8.24. The Balaban J connectivity index is 1.52. The van der Waals surface area contributed by atoms with Crippen molar-refractivity contribution in [1.82, 2.24) is 10.6 Å². The number of hydrogen-bond donors (Lipinski definition) is 2. The first-order chi connectivity index (χ1) is 13.5. The second-order valence-corrected chi connectivity index (χ2v) is 5.79. The van der Waals surface area contributed by atoms with E-state index in [0.29, 0.717) is 11.5 Å². The van der Waals surface area contributed by atoms with Crippen molar-refractivity contribution >= 4 is 17.5 Å². The number of nitro groups is 1. The van der Waals surface area contributed by atoms with Crippen molar-refractivity contribution < 1.29 is 28.7 Å². The van der Waals surface area contributed by atoms with Crippen LogP contribution in [0.3, 0.4) is 0 Å². The SMILES string of the molecule is COc1ccc(C(=O)NCC(=O)NCc2ccc3c(c2)OCO3)cc1[N+](=O)[O-]. The van der Waals surface area contributed by atoms with Crippen molar-refractivity contribution in [3.05, 3.63) is 57.6 Å². The van der Waals surface area contributed by atoms with Gasteiger partial charge < -0.3 is 24.8 Å². The molecule has 3 rings (SSSR count). The summed E-state index contributed by atoms with van der Waals surface area (Å²) in [6.07, 6.45) is 0. The summed E-state index contributed by atoms with van der Waals surface area (Å²) >= 11 is 0. The summed E-state index contributed by atoms with van der Waals surface area (Å²) in [4.78, 5) is 34.5. The first kappa shape index (κ1) is 19.0. The number of methoxy groups -OCH3 is 1. The lowest BCUT2D eigenvalue weighted by molar-refractivity contribution is -0.385. The second-order valence-electron chi connectivity index (χ2n) is 5.79. The molecule has 0 saturated carbocycles. The number of carbonyl (C=O) groups is 2. The van der Waals surface area contributed by atoms with Crippen LogP contribution in [0, 0.1) is 10.1 Å². The standard InChI is InChI=1S/C18H17N3O7/c1-26-14-5-3-12(7-13(14)21(24)25)18(23)20-9-17(22)19-8-11-2-4-15-16(6-11)28-10-27-15/h2-7H,8-10H2,1H3,(H,19,22)(H,20,23). The minimum absolute atomic E-state index is 0.0445. The molecule has 0 fully saturated rings. The van der Waals surface area contributed by atoms with E-state index in [0.717, 1.165) is 11.6 Å². The summed E-state index contributed by atoms with van der Waals surface area (Å²) in [6, 6.07) is 9.11. The molecule has 10 heteroatoms. The molecule has 0 aromatic heterocycles. The lowest BCUT2D eigenvalue weighted by Gasteiger charge is -2.08. The van der Waals surface area contributed by atoms with Crippen molar-refractivity contribution in [2.24, 2.45) is 0 Å². The molecule has 1 aliphatic rings. The van der Waals surface area contributed by atoms with E-state index in [1.165, 1.54) is 19.2 Å². The summed E-state index contributed by atoms with van der Waals surface area (Å²) in [7, 11) is 1.30. The summed E-state index contributed by atoms with van der Waals surface area (Å²) in [5, 5.41) is 16.1. The topological polar surface area (TPSA) is 129 Å². The van der Waals surface area contributed by atoms with E-state index in [1.54, 1.807) is 18.2 Å². The number of carbonyl (C=O) groups excluding carboxylic acids is 2. The fraction of sp³-hybridized carbons (Fsp3) is 0.222. The van der Waals surface area contributed by atoms with E-state index < -0.39 is 16.7 Å². The van der Waals surface area contributed by atoms with Crippen LogP contribution in [0.15, 0.2) is 36.4 Å². The zero-order chi connectivity index (χ0) is 20.1. The lowest BCUT2D eigenvalue weighted by atomic mass is 10.1. The molecule has 1 aliphatic heterocycles. The van der Waals surface area contributed by atoms with Crippen LogP contribution in [0.25, 0.3) is 0 Å². The minimum atomic E-state index is -0.645. The van der Waals surface area contributed by atoms with Crippen LogP contribution in [-0.2, 0) is 11.3 Å². The van der Waals surface area contributed by atoms with Gasteiger partial charge >= 0.3 is 5.69 Å². The summed E-state index contributed by atoms with van der Waals surface area (Å²) in [5.74, 6) is 0.290. The molecule has 2 amide bonds. The molecule has 146 valence electrons. The van der Waals surface area contributed by atoms with Gasteiger partial charge in [0.15, 0.2) is 17.2 Å². The zero-order valence-corrected chi connectivity index (χ0v) is 14.9. The number of fused-ring (bicyclic) bond motifs is 1. The Labute approximate surface area is 159 Å². The van der Waals surface area contributed by atoms with Gasteiger partial charge in [-0.15, -0.1) is 0 Å². The third-order valence-corrected chi connectivity index (χ3v) is 3.97. The Kier molecular flexibility index (Phi) is 5.58. The number of nitro benzene ring substituents is 1. The molecule has 1 heterocycles. The summed E-state index contributed by atoms with van der Waals surface area (Å²) in [6.45, 7) is 0.142. The molecule has 0 bridgehead atoms. The zero-order valence-electron chi connectivity index (χ0n) is 14.9. The number of ether oxygens (including phenoxy) is 3. The maximum Gasteiger partial charge on any atom is 0.311 e. The molecule has 10 nitrogen and oxygen atoms in total. The Bertz CT molecular complexity index is 929. The van der Waals surface area contributed by atoms with E-state index >= 15 is 0 Å². The van der Waals surface area contributed by atoms with Gasteiger partial charge in [0.1, 0.15) is 0 Å². The van der Waals surface area contributed by atoms with E-state index in [2.05, 4.69) is 10.6 Å². The molecule has 0 spiro atoms. The fourth-order valence-corrected chi connectivity index (χ4v) is 2.55. The van der Waals surface area contributed by atoms with Gasteiger partial charge in [-0.2, -0.15) is 0 Å². The minimum Gasteiger partial charge on any atom is -0.490 e.